The Balaban J connectivity index is 1.54. The highest BCUT2D eigenvalue weighted by molar-refractivity contribution is 6.03. The molecule has 1 aliphatic rings. The van der Waals surface area contributed by atoms with Gasteiger partial charge in [0.2, 0.25) is 17.7 Å². The van der Waals surface area contributed by atoms with Gasteiger partial charge in [-0.3, -0.25) is 14.4 Å². The summed E-state index contributed by atoms with van der Waals surface area (Å²) in [6.45, 7) is 3.81. The van der Waals surface area contributed by atoms with Crippen molar-refractivity contribution in [3.63, 3.8) is 0 Å². The Morgan fingerprint density at radius 3 is 2.07 bits per heavy atom. The normalized spacial score (nSPS) is 17.4. The summed E-state index contributed by atoms with van der Waals surface area (Å²) in [4.78, 5) is 35.9. The molecule has 28 heavy (non-hydrogen) atoms. The minimum absolute atomic E-state index is 0.158. The Labute approximate surface area is 163 Å². The molecule has 0 heterocycles. The SMILES string of the molecule is CCOc1ccccc1NC(=O)C1CC1C(=O)Nc1ccc(NC(C)=O)cc1. The zero-order valence-electron chi connectivity index (χ0n) is 15.8. The van der Waals surface area contributed by atoms with E-state index >= 15 is 0 Å². The lowest BCUT2D eigenvalue weighted by Crippen LogP contribution is -2.20. The second-order valence-corrected chi connectivity index (χ2v) is 6.61. The van der Waals surface area contributed by atoms with Gasteiger partial charge in [-0.15, -0.1) is 0 Å². The van der Waals surface area contributed by atoms with Crippen LogP contribution in [-0.2, 0) is 14.4 Å². The van der Waals surface area contributed by atoms with Crippen LogP contribution in [0.15, 0.2) is 48.5 Å². The van der Waals surface area contributed by atoms with Crippen molar-refractivity contribution < 1.29 is 19.1 Å². The molecule has 3 amide bonds. The average Bonchev–Trinajstić information content (AvgIpc) is 3.46. The number of nitrogens with one attached hydrogen (secondary N) is 3. The van der Waals surface area contributed by atoms with Gasteiger partial charge in [-0.1, -0.05) is 12.1 Å². The zero-order chi connectivity index (χ0) is 20.1. The number of para-hydroxylation sites is 2. The molecule has 3 rings (SSSR count). The third-order valence-corrected chi connectivity index (χ3v) is 4.38. The van der Waals surface area contributed by atoms with Crippen molar-refractivity contribution in [2.24, 2.45) is 11.8 Å². The molecule has 146 valence electrons. The van der Waals surface area contributed by atoms with E-state index < -0.39 is 0 Å². The number of hydrogen-bond acceptors (Lipinski definition) is 4. The van der Waals surface area contributed by atoms with E-state index in [9.17, 15) is 14.4 Å². The highest BCUT2D eigenvalue weighted by Gasteiger charge is 2.48. The molecular formula is C21H23N3O4. The smallest absolute Gasteiger partial charge is 0.228 e. The highest BCUT2D eigenvalue weighted by atomic mass is 16.5. The van der Waals surface area contributed by atoms with Gasteiger partial charge in [-0.2, -0.15) is 0 Å². The minimum Gasteiger partial charge on any atom is -0.492 e. The summed E-state index contributed by atoms with van der Waals surface area (Å²) in [6.07, 6.45) is 0.512. The lowest BCUT2D eigenvalue weighted by atomic mass is 10.2. The van der Waals surface area contributed by atoms with Crippen LogP contribution in [0.5, 0.6) is 5.75 Å². The van der Waals surface area contributed by atoms with Crippen molar-refractivity contribution in [1.29, 1.82) is 0 Å². The predicted molar refractivity (Wildman–Crippen MR) is 107 cm³/mol. The number of rotatable bonds is 7. The Hall–Kier alpha value is -3.35. The fraction of sp³-hybridized carbons (Fsp3) is 0.286. The first-order valence-corrected chi connectivity index (χ1v) is 9.19. The molecule has 1 fully saturated rings. The highest BCUT2D eigenvalue weighted by Crippen LogP contribution is 2.41. The number of carbonyl (C=O) groups is 3. The van der Waals surface area contributed by atoms with E-state index in [1.54, 1.807) is 36.4 Å². The summed E-state index contributed by atoms with van der Waals surface area (Å²) >= 11 is 0. The third-order valence-electron chi connectivity index (χ3n) is 4.38. The Morgan fingerprint density at radius 1 is 0.893 bits per heavy atom. The molecule has 2 aromatic carbocycles. The molecule has 3 N–H and O–H groups in total. The maximum absolute atomic E-state index is 12.5. The molecule has 1 saturated carbocycles. The summed E-state index contributed by atoms with van der Waals surface area (Å²) in [7, 11) is 0. The van der Waals surface area contributed by atoms with Crippen molar-refractivity contribution >= 4 is 34.8 Å². The van der Waals surface area contributed by atoms with E-state index in [1.165, 1.54) is 6.92 Å². The van der Waals surface area contributed by atoms with Gasteiger partial charge in [0.15, 0.2) is 0 Å². The molecule has 2 unspecified atom stereocenters. The van der Waals surface area contributed by atoms with E-state index in [0.717, 1.165) is 0 Å². The number of anilines is 3. The van der Waals surface area contributed by atoms with E-state index in [1.807, 2.05) is 19.1 Å². The molecule has 0 aliphatic heterocycles. The third kappa shape index (κ3) is 4.88. The molecule has 2 atom stereocenters. The van der Waals surface area contributed by atoms with Gasteiger partial charge in [0.05, 0.1) is 24.1 Å². The molecule has 0 radical (unpaired) electrons. The van der Waals surface area contributed by atoms with Crippen LogP contribution in [-0.4, -0.2) is 24.3 Å². The molecular weight excluding hydrogens is 358 g/mol. The molecule has 7 nitrogen and oxygen atoms in total. The van der Waals surface area contributed by atoms with Crippen LogP contribution in [0.4, 0.5) is 17.1 Å². The van der Waals surface area contributed by atoms with Crippen LogP contribution in [0.25, 0.3) is 0 Å². The van der Waals surface area contributed by atoms with Gasteiger partial charge in [-0.05, 0) is 49.7 Å². The van der Waals surface area contributed by atoms with Crippen molar-refractivity contribution in [3.05, 3.63) is 48.5 Å². The summed E-state index contributed by atoms with van der Waals surface area (Å²) in [5, 5.41) is 8.32. The summed E-state index contributed by atoms with van der Waals surface area (Å²) in [5.41, 5.74) is 1.88. The molecule has 0 bridgehead atoms. The van der Waals surface area contributed by atoms with E-state index in [2.05, 4.69) is 16.0 Å². The van der Waals surface area contributed by atoms with Crippen LogP contribution in [0.3, 0.4) is 0 Å². The minimum atomic E-state index is -0.353. The lowest BCUT2D eigenvalue weighted by Gasteiger charge is -2.11. The van der Waals surface area contributed by atoms with Crippen molar-refractivity contribution in [3.8, 4) is 5.75 Å². The van der Waals surface area contributed by atoms with Crippen LogP contribution in [0.1, 0.15) is 20.3 Å². The largest absolute Gasteiger partial charge is 0.492 e. The molecule has 2 aromatic rings. The Morgan fingerprint density at radius 2 is 1.46 bits per heavy atom. The maximum Gasteiger partial charge on any atom is 0.228 e. The van der Waals surface area contributed by atoms with E-state index in [0.29, 0.717) is 35.8 Å². The molecule has 7 heteroatoms. The van der Waals surface area contributed by atoms with Crippen LogP contribution < -0.4 is 20.7 Å². The van der Waals surface area contributed by atoms with Crippen molar-refractivity contribution in [2.45, 2.75) is 20.3 Å². The van der Waals surface area contributed by atoms with Gasteiger partial charge >= 0.3 is 0 Å². The first-order valence-electron chi connectivity index (χ1n) is 9.19. The van der Waals surface area contributed by atoms with Gasteiger partial charge in [0.1, 0.15) is 5.75 Å². The molecule has 0 spiro atoms. The number of hydrogen-bond donors (Lipinski definition) is 3. The van der Waals surface area contributed by atoms with Gasteiger partial charge in [0, 0.05) is 18.3 Å². The molecule has 1 aliphatic carbocycles. The fourth-order valence-electron chi connectivity index (χ4n) is 2.93. The molecule has 0 saturated heterocycles. The van der Waals surface area contributed by atoms with Gasteiger partial charge in [-0.25, -0.2) is 0 Å². The maximum atomic E-state index is 12.5. The standard InChI is InChI=1S/C21H23N3O4/c1-3-28-19-7-5-4-6-18(19)24-21(27)17-12-16(17)20(26)23-15-10-8-14(9-11-15)22-13(2)25/h4-11,16-17H,3,12H2,1-2H3,(H,22,25)(H,23,26)(H,24,27). The van der Waals surface area contributed by atoms with Crippen LogP contribution in [0, 0.1) is 11.8 Å². The second kappa shape index (κ2) is 8.56. The quantitative estimate of drug-likeness (QED) is 0.686. The summed E-state index contributed by atoms with van der Waals surface area (Å²) < 4.78 is 5.50. The Bertz CT molecular complexity index is 879. The summed E-state index contributed by atoms with van der Waals surface area (Å²) in [6, 6.07) is 14.1. The fourth-order valence-corrected chi connectivity index (χ4v) is 2.93. The van der Waals surface area contributed by atoms with E-state index in [-0.39, 0.29) is 29.6 Å². The number of carbonyl (C=O) groups excluding carboxylic acids is 3. The second-order valence-electron chi connectivity index (χ2n) is 6.61. The predicted octanol–water partition coefficient (Wildman–Crippen LogP) is 3.26. The van der Waals surface area contributed by atoms with Gasteiger partial charge < -0.3 is 20.7 Å². The van der Waals surface area contributed by atoms with Gasteiger partial charge in [0.25, 0.3) is 0 Å². The molecule has 0 aromatic heterocycles. The Kier molecular flexibility index (Phi) is 5.93. The van der Waals surface area contributed by atoms with Crippen LogP contribution in [0.2, 0.25) is 0 Å². The van der Waals surface area contributed by atoms with Crippen LogP contribution >= 0.6 is 0 Å². The monoisotopic (exact) mass is 381 g/mol. The zero-order valence-corrected chi connectivity index (χ0v) is 15.8. The topological polar surface area (TPSA) is 96.5 Å². The van der Waals surface area contributed by atoms with Crippen molar-refractivity contribution in [2.75, 3.05) is 22.6 Å². The van der Waals surface area contributed by atoms with E-state index in [4.69, 9.17) is 4.74 Å². The first kappa shape index (κ1) is 19.4. The number of benzene rings is 2. The number of ether oxygens (including phenoxy) is 1. The lowest BCUT2D eigenvalue weighted by molar-refractivity contribution is -0.122. The first-order chi connectivity index (χ1) is 13.5. The average molecular weight is 381 g/mol. The number of amides is 3. The van der Waals surface area contributed by atoms with Crippen molar-refractivity contribution in [1.82, 2.24) is 0 Å². The summed E-state index contributed by atoms with van der Waals surface area (Å²) in [5.74, 6) is -0.629.